The topological polar surface area (TPSA) is 20.2 Å². The fourth-order valence-electron chi connectivity index (χ4n) is 2.81. The number of alkyl halides is 9. The average molecular weight is 332 g/mol. The molecule has 0 amide bonds. The monoisotopic (exact) mass is 332 g/mol. The molecular weight excluding hydrogens is 319 g/mol. The molecule has 3 atom stereocenters. The van der Waals surface area contributed by atoms with Crippen LogP contribution in [0.25, 0.3) is 0 Å². The minimum atomic E-state index is -6.15. The highest BCUT2D eigenvalue weighted by atomic mass is 19.4. The molecule has 0 aromatic rings. The molecule has 0 aliphatic heterocycles. The molecule has 1 rings (SSSR count). The van der Waals surface area contributed by atoms with Crippen LogP contribution in [0.1, 0.15) is 26.7 Å². The molecule has 1 nitrogen and oxygen atoms in total. The van der Waals surface area contributed by atoms with Gasteiger partial charge in [-0.05, 0) is 18.8 Å². The highest BCUT2D eigenvalue weighted by molar-refractivity contribution is 5.10. The first-order valence-electron chi connectivity index (χ1n) is 5.91. The maximum atomic E-state index is 14.2. The Hall–Kier alpha value is -0.670. The van der Waals surface area contributed by atoms with Crippen LogP contribution in [0.4, 0.5) is 39.5 Å². The van der Waals surface area contributed by atoms with E-state index in [1.54, 1.807) is 0 Å². The second-order valence-corrected chi connectivity index (χ2v) is 5.55. The summed E-state index contributed by atoms with van der Waals surface area (Å²) in [6, 6.07) is 0. The Morgan fingerprint density at radius 1 is 0.952 bits per heavy atom. The first-order valence-corrected chi connectivity index (χ1v) is 5.91. The van der Waals surface area contributed by atoms with E-state index >= 15 is 0 Å². The fraction of sp³-hybridized carbons (Fsp3) is 1.00. The minimum Gasteiger partial charge on any atom is -0.373 e. The molecule has 21 heavy (non-hydrogen) atoms. The zero-order valence-electron chi connectivity index (χ0n) is 10.9. The summed E-state index contributed by atoms with van der Waals surface area (Å²) in [5, 5.41) is 9.14. The third kappa shape index (κ3) is 2.59. The van der Waals surface area contributed by atoms with Crippen molar-refractivity contribution in [1.29, 1.82) is 0 Å². The number of halogens is 9. The van der Waals surface area contributed by atoms with Gasteiger partial charge in [0.1, 0.15) is 0 Å². The van der Waals surface area contributed by atoms with Crippen LogP contribution >= 0.6 is 0 Å². The summed E-state index contributed by atoms with van der Waals surface area (Å²) < 4.78 is 116. The zero-order valence-corrected chi connectivity index (χ0v) is 10.9. The van der Waals surface area contributed by atoms with E-state index in [-0.39, 0.29) is 6.92 Å². The van der Waals surface area contributed by atoms with E-state index in [9.17, 15) is 39.5 Å². The van der Waals surface area contributed by atoms with Crippen molar-refractivity contribution in [2.24, 2.45) is 11.8 Å². The van der Waals surface area contributed by atoms with Crippen molar-refractivity contribution in [3.05, 3.63) is 0 Å². The van der Waals surface area contributed by atoms with Crippen molar-refractivity contribution < 1.29 is 44.6 Å². The Balaban J connectivity index is 3.29. The normalized spacial score (nSPS) is 32.6. The lowest BCUT2D eigenvalue weighted by Crippen LogP contribution is -2.61. The highest BCUT2D eigenvalue weighted by Crippen LogP contribution is 2.59. The number of hydrogen-bond donors (Lipinski definition) is 1. The average Bonchev–Trinajstić information content (AvgIpc) is 2.51. The Labute approximate surface area is 114 Å². The van der Waals surface area contributed by atoms with Gasteiger partial charge in [0.25, 0.3) is 11.5 Å². The lowest BCUT2D eigenvalue weighted by atomic mass is 9.83. The molecule has 0 spiro atoms. The summed E-state index contributed by atoms with van der Waals surface area (Å²) in [6.07, 6.45) is -15.2. The largest absolute Gasteiger partial charge is 0.426 e. The molecule has 1 aliphatic carbocycles. The summed E-state index contributed by atoms with van der Waals surface area (Å²) >= 11 is 0. The van der Waals surface area contributed by atoms with Gasteiger partial charge in [-0.15, -0.1) is 0 Å². The Kier molecular flexibility index (Phi) is 4.08. The van der Waals surface area contributed by atoms with Crippen LogP contribution in [0.5, 0.6) is 0 Å². The van der Waals surface area contributed by atoms with Gasteiger partial charge >= 0.3 is 12.4 Å². The molecule has 126 valence electrons. The van der Waals surface area contributed by atoms with E-state index in [1.807, 2.05) is 0 Å². The van der Waals surface area contributed by atoms with Crippen LogP contribution in [-0.2, 0) is 0 Å². The summed E-state index contributed by atoms with van der Waals surface area (Å²) in [4.78, 5) is 0. The van der Waals surface area contributed by atoms with Gasteiger partial charge in [0, 0.05) is 12.8 Å². The minimum absolute atomic E-state index is 0.0894. The van der Waals surface area contributed by atoms with Crippen molar-refractivity contribution >= 4 is 0 Å². The zero-order chi connectivity index (χ0) is 17.1. The Morgan fingerprint density at radius 2 is 1.33 bits per heavy atom. The predicted molar refractivity (Wildman–Crippen MR) is 53.4 cm³/mol. The number of rotatable bonds is 2. The summed E-state index contributed by atoms with van der Waals surface area (Å²) in [7, 11) is 0. The van der Waals surface area contributed by atoms with E-state index in [2.05, 4.69) is 0 Å². The van der Waals surface area contributed by atoms with Crippen LogP contribution in [0.2, 0.25) is 0 Å². The van der Waals surface area contributed by atoms with Crippen LogP contribution in [0.3, 0.4) is 0 Å². The van der Waals surface area contributed by atoms with E-state index in [0.29, 0.717) is 0 Å². The molecule has 0 radical (unpaired) electrons. The highest BCUT2D eigenvalue weighted by Gasteiger charge is 2.77. The summed E-state index contributed by atoms with van der Waals surface area (Å²) in [5.74, 6) is -8.62. The molecule has 0 saturated heterocycles. The van der Waals surface area contributed by atoms with Crippen LogP contribution < -0.4 is 0 Å². The number of hydrogen-bond acceptors (Lipinski definition) is 1. The van der Waals surface area contributed by atoms with Crippen molar-refractivity contribution in [3.63, 3.8) is 0 Å². The fourth-order valence-corrected chi connectivity index (χ4v) is 2.81. The lowest BCUT2D eigenvalue weighted by Gasteiger charge is -2.37. The van der Waals surface area contributed by atoms with Crippen LogP contribution in [-0.4, -0.2) is 34.7 Å². The van der Waals surface area contributed by atoms with Crippen LogP contribution in [0.15, 0.2) is 0 Å². The molecule has 1 saturated carbocycles. The van der Waals surface area contributed by atoms with E-state index in [1.165, 1.54) is 0 Å². The molecule has 0 bridgehead atoms. The van der Waals surface area contributed by atoms with Gasteiger partial charge in [0.2, 0.25) is 0 Å². The van der Waals surface area contributed by atoms with E-state index in [0.717, 1.165) is 6.92 Å². The van der Waals surface area contributed by atoms with Gasteiger partial charge in [0.15, 0.2) is 5.67 Å². The molecular formula is C11H13F9O. The molecule has 0 heterocycles. The molecule has 1 fully saturated rings. The second-order valence-electron chi connectivity index (χ2n) is 5.55. The third-order valence-corrected chi connectivity index (χ3v) is 4.15. The molecule has 1 aliphatic rings. The Morgan fingerprint density at radius 3 is 1.57 bits per heavy atom. The lowest BCUT2D eigenvalue weighted by molar-refractivity contribution is -0.385. The standard InChI is InChI=1S/C11H13F9O/c1-5-3-6(4-8(5,14)7(2,12)13)9(21,10(15,16)17)11(18,19)20/h5-6,21H,3-4H2,1-2H3. The molecule has 0 aromatic heterocycles. The van der Waals surface area contributed by atoms with Gasteiger partial charge < -0.3 is 5.11 Å². The van der Waals surface area contributed by atoms with E-state index in [4.69, 9.17) is 5.11 Å². The van der Waals surface area contributed by atoms with Crippen molar-refractivity contribution in [3.8, 4) is 0 Å². The number of aliphatic hydroxyl groups is 1. The van der Waals surface area contributed by atoms with Crippen LogP contribution in [0, 0.1) is 11.8 Å². The quantitative estimate of drug-likeness (QED) is 0.750. The maximum absolute atomic E-state index is 14.2. The van der Waals surface area contributed by atoms with Gasteiger partial charge in [0.05, 0.1) is 0 Å². The Bertz CT molecular complexity index is 380. The summed E-state index contributed by atoms with van der Waals surface area (Å²) in [5.41, 5.74) is -8.75. The van der Waals surface area contributed by atoms with Gasteiger partial charge in [-0.2, -0.15) is 26.3 Å². The molecule has 3 unspecified atom stereocenters. The molecule has 0 aromatic carbocycles. The van der Waals surface area contributed by atoms with Gasteiger partial charge in [-0.1, -0.05) is 6.92 Å². The van der Waals surface area contributed by atoms with Gasteiger partial charge in [-0.25, -0.2) is 13.2 Å². The first-order chi connectivity index (χ1) is 8.98. The summed E-state index contributed by atoms with van der Waals surface area (Å²) in [6.45, 7) is 0.886. The van der Waals surface area contributed by atoms with Crippen molar-refractivity contribution in [1.82, 2.24) is 0 Å². The second kappa shape index (κ2) is 4.66. The SMILES string of the molecule is CC1CC(C(O)(C(F)(F)F)C(F)(F)F)CC1(F)C(C)(F)F. The van der Waals surface area contributed by atoms with Crippen molar-refractivity contribution in [2.75, 3.05) is 0 Å². The molecule has 1 N–H and O–H groups in total. The predicted octanol–water partition coefficient (Wildman–Crippen LogP) is 4.25. The first kappa shape index (κ1) is 18.4. The third-order valence-electron chi connectivity index (χ3n) is 4.15. The van der Waals surface area contributed by atoms with E-state index < -0.39 is 54.2 Å². The maximum Gasteiger partial charge on any atom is 0.426 e. The van der Waals surface area contributed by atoms with Crippen molar-refractivity contribution in [2.45, 2.75) is 56.2 Å². The van der Waals surface area contributed by atoms with Gasteiger partial charge in [-0.3, -0.25) is 0 Å². The smallest absolute Gasteiger partial charge is 0.373 e. The molecule has 10 heteroatoms.